The number of aromatic carboxylic acids is 1. The smallest absolute Gasteiger partial charge is 0.339 e. The number of amides is 1. The second-order valence-electron chi connectivity index (χ2n) is 7.37. The van der Waals surface area contributed by atoms with Gasteiger partial charge in [0.2, 0.25) is 0 Å². The van der Waals surface area contributed by atoms with E-state index in [1.807, 2.05) is 55.5 Å². The zero-order valence-electron chi connectivity index (χ0n) is 18.4. The van der Waals surface area contributed by atoms with Gasteiger partial charge in [-0.1, -0.05) is 48.0 Å². The fourth-order valence-corrected chi connectivity index (χ4v) is 3.35. The molecule has 0 radical (unpaired) electrons. The Kier molecular flexibility index (Phi) is 8.72. The van der Waals surface area contributed by atoms with Crippen molar-refractivity contribution in [3.05, 3.63) is 94.5 Å². The molecule has 0 heterocycles. The number of ether oxygens (including phenoxy) is 2. The zero-order chi connectivity index (χ0) is 23.6. The number of carboxylic acid groups (broad SMARTS) is 1. The van der Waals surface area contributed by atoms with Crippen molar-refractivity contribution in [1.29, 1.82) is 0 Å². The highest BCUT2D eigenvalue weighted by Gasteiger charge is 2.13. The summed E-state index contributed by atoms with van der Waals surface area (Å²) in [5.41, 5.74) is 2.16. The van der Waals surface area contributed by atoms with Crippen LogP contribution in [0.2, 0.25) is 5.02 Å². The first-order valence-corrected chi connectivity index (χ1v) is 11.0. The van der Waals surface area contributed by atoms with Crippen LogP contribution in [-0.2, 0) is 17.8 Å². The van der Waals surface area contributed by atoms with Crippen molar-refractivity contribution < 1.29 is 24.2 Å². The molecule has 33 heavy (non-hydrogen) atoms. The van der Waals surface area contributed by atoms with Crippen molar-refractivity contribution in [2.75, 3.05) is 19.8 Å². The van der Waals surface area contributed by atoms with Crippen LogP contribution in [0.1, 0.15) is 28.4 Å². The molecule has 1 N–H and O–H groups in total. The van der Waals surface area contributed by atoms with Crippen LogP contribution in [0, 0.1) is 0 Å². The number of benzene rings is 3. The molecule has 0 aromatic heterocycles. The first-order chi connectivity index (χ1) is 16.0. The summed E-state index contributed by atoms with van der Waals surface area (Å²) >= 11 is 5.92. The Morgan fingerprint density at radius 3 is 2.24 bits per heavy atom. The molecule has 0 aliphatic carbocycles. The Morgan fingerprint density at radius 2 is 1.58 bits per heavy atom. The molecule has 0 saturated heterocycles. The fraction of sp³-hybridized carbons (Fsp3) is 0.231. The topological polar surface area (TPSA) is 76.1 Å². The van der Waals surface area contributed by atoms with Gasteiger partial charge in [-0.15, -0.1) is 0 Å². The molecule has 1 amide bonds. The molecule has 0 bridgehead atoms. The lowest BCUT2D eigenvalue weighted by atomic mass is 10.1. The van der Waals surface area contributed by atoms with E-state index in [1.165, 1.54) is 6.07 Å². The molecule has 6 nitrogen and oxygen atoms in total. The van der Waals surface area contributed by atoms with Crippen molar-refractivity contribution in [2.45, 2.75) is 19.9 Å². The van der Waals surface area contributed by atoms with Crippen molar-refractivity contribution in [2.24, 2.45) is 0 Å². The minimum absolute atomic E-state index is 0.0458. The molecule has 0 fully saturated rings. The number of carbonyl (C=O) groups is 2. The van der Waals surface area contributed by atoms with Crippen molar-refractivity contribution in [3.63, 3.8) is 0 Å². The highest BCUT2D eigenvalue weighted by Crippen LogP contribution is 2.19. The summed E-state index contributed by atoms with van der Waals surface area (Å²) in [7, 11) is 0. The second-order valence-corrected chi connectivity index (χ2v) is 7.80. The summed E-state index contributed by atoms with van der Waals surface area (Å²) in [5.74, 6) is -0.159. The summed E-state index contributed by atoms with van der Waals surface area (Å²) in [5, 5.41) is 9.87. The van der Waals surface area contributed by atoms with Gasteiger partial charge in [0.05, 0.1) is 6.61 Å². The SMILES string of the molecule is CCN(Cc1ccc(Cl)cc1)C(=O)COc1ccc(CCOc2ccccc2C(=O)O)cc1. The highest BCUT2D eigenvalue weighted by atomic mass is 35.5. The van der Waals surface area contributed by atoms with E-state index in [1.54, 1.807) is 23.1 Å². The number of nitrogens with zero attached hydrogens (tertiary/aromatic N) is 1. The maximum Gasteiger partial charge on any atom is 0.339 e. The predicted octanol–water partition coefficient (Wildman–Crippen LogP) is 5.09. The maximum atomic E-state index is 12.6. The van der Waals surface area contributed by atoms with Crippen molar-refractivity contribution in [1.82, 2.24) is 4.90 Å². The predicted molar refractivity (Wildman–Crippen MR) is 127 cm³/mol. The van der Waals surface area contributed by atoms with Gasteiger partial charge in [-0.05, 0) is 54.4 Å². The molecule has 0 saturated carbocycles. The minimum atomic E-state index is -1.02. The van der Waals surface area contributed by atoms with Gasteiger partial charge in [-0.25, -0.2) is 4.79 Å². The van der Waals surface area contributed by atoms with Crippen LogP contribution in [-0.4, -0.2) is 41.6 Å². The highest BCUT2D eigenvalue weighted by molar-refractivity contribution is 6.30. The number of rotatable bonds is 11. The van der Waals surface area contributed by atoms with Gasteiger partial charge >= 0.3 is 5.97 Å². The third-order valence-corrected chi connectivity index (χ3v) is 5.32. The lowest BCUT2D eigenvalue weighted by Crippen LogP contribution is -2.34. The quantitative estimate of drug-likeness (QED) is 0.425. The van der Waals surface area contributed by atoms with Gasteiger partial charge in [0.1, 0.15) is 17.1 Å². The number of halogens is 1. The lowest BCUT2D eigenvalue weighted by Gasteiger charge is -2.21. The molecule has 3 aromatic carbocycles. The van der Waals surface area contributed by atoms with Crippen LogP contribution >= 0.6 is 11.6 Å². The number of hydrogen-bond acceptors (Lipinski definition) is 4. The van der Waals surface area contributed by atoms with Crippen molar-refractivity contribution >= 4 is 23.5 Å². The normalized spacial score (nSPS) is 10.5. The Morgan fingerprint density at radius 1 is 0.909 bits per heavy atom. The minimum Gasteiger partial charge on any atom is -0.492 e. The van der Waals surface area contributed by atoms with Gasteiger partial charge in [0.15, 0.2) is 6.61 Å². The molecule has 172 valence electrons. The lowest BCUT2D eigenvalue weighted by molar-refractivity contribution is -0.133. The molecule has 0 spiro atoms. The monoisotopic (exact) mass is 467 g/mol. The number of likely N-dealkylation sites (N-methyl/N-ethyl adjacent to an activating group) is 1. The van der Waals surface area contributed by atoms with Crippen LogP contribution in [0.4, 0.5) is 0 Å². The molecule has 0 atom stereocenters. The molecule has 7 heteroatoms. The van der Waals surface area contributed by atoms with Crippen LogP contribution in [0.15, 0.2) is 72.8 Å². The summed E-state index contributed by atoms with van der Waals surface area (Å²) in [4.78, 5) is 25.5. The van der Waals surface area contributed by atoms with Gasteiger partial charge in [0.25, 0.3) is 5.91 Å². The van der Waals surface area contributed by atoms with E-state index in [9.17, 15) is 14.7 Å². The van der Waals surface area contributed by atoms with Crippen LogP contribution < -0.4 is 9.47 Å². The number of carbonyl (C=O) groups excluding carboxylic acids is 1. The standard InChI is InChI=1S/C26H26ClNO5/c1-2-28(17-20-7-11-21(27)12-8-20)25(29)18-33-22-13-9-19(10-14-22)15-16-32-24-6-4-3-5-23(24)26(30)31/h3-14H,2,15-18H2,1H3,(H,30,31). The number of para-hydroxylation sites is 1. The molecule has 3 rings (SSSR count). The molecule has 3 aromatic rings. The van der Waals surface area contributed by atoms with E-state index in [0.717, 1.165) is 11.1 Å². The summed E-state index contributed by atoms with van der Waals surface area (Å²) in [6.07, 6.45) is 0.609. The van der Waals surface area contributed by atoms with E-state index in [2.05, 4.69) is 0 Å². The molecular weight excluding hydrogens is 442 g/mol. The maximum absolute atomic E-state index is 12.6. The second kappa shape index (κ2) is 11.9. The molecular formula is C26H26ClNO5. The number of carboxylic acids is 1. The van der Waals surface area contributed by atoms with Gasteiger partial charge in [-0.2, -0.15) is 0 Å². The van der Waals surface area contributed by atoms with E-state index in [0.29, 0.717) is 42.6 Å². The van der Waals surface area contributed by atoms with E-state index < -0.39 is 5.97 Å². The van der Waals surface area contributed by atoms with Crippen molar-refractivity contribution in [3.8, 4) is 11.5 Å². The third kappa shape index (κ3) is 7.26. The Labute approximate surface area is 198 Å². The first-order valence-electron chi connectivity index (χ1n) is 10.7. The van der Waals surface area contributed by atoms with Gasteiger partial charge in [-0.3, -0.25) is 4.79 Å². The largest absolute Gasteiger partial charge is 0.492 e. The Hall–Kier alpha value is -3.51. The third-order valence-electron chi connectivity index (χ3n) is 5.07. The van der Waals surface area contributed by atoms with Crippen LogP contribution in [0.25, 0.3) is 0 Å². The van der Waals surface area contributed by atoms with Crippen LogP contribution in [0.3, 0.4) is 0 Å². The summed E-state index contributed by atoms with van der Waals surface area (Å²) < 4.78 is 11.3. The molecule has 0 unspecified atom stereocenters. The molecule has 0 aliphatic heterocycles. The summed E-state index contributed by atoms with van der Waals surface area (Å²) in [6.45, 7) is 3.31. The first kappa shape index (κ1) is 24.1. The Bertz CT molecular complexity index is 1070. The molecule has 0 aliphatic rings. The average molecular weight is 468 g/mol. The number of hydrogen-bond donors (Lipinski definition) is 1. The van der Waals surface area contributed by atoms with Gasteiger partial charge in [0, 0.05) is 24.5 Å². The van der Waals surface area contributed by atoms with E-state index in [4.69, 9.17) is 21.1 Å². The zero-order valence-corrected chi connectivity index (χ0v) is 19.1. The Balaban J connectivity index is 1.46. The fourth-order valence-electron chi connectivity index (χ4n) is 3.22. The average Bonchev–Trinajstić information content (AvgIpc) is 2.83. The van der Waals surface area contributed by atoms with Crippen LogP contribution in [0.5, 0.6) is 11.5 Å². The van der Waals surface area contributed by atoms with Gasteiger partial charge < -0.3 is 19.5 Å². The summed E-state index contributed by atoms with van der Waals surface area (Å²) in [6, 6.07) is 21.4. The van der Waals surface area contributed by atoms with E-state index in [-0.39, 0.29) is 18.1 Å². The van der Waals surface area contributed by atoms with E-state index >= 15 is 0 Å².